The van der Waals surface area contributed by atoms with E-state index in [1.165, 1.54) is 16.8 Å². The summed E-state index contributed by atoms with van der Waals surface area (Å²) in [6, 6.07) is 0. The molecule has 4 aromatic heterocycles. The van der Waals surface area contributed by atoms with Crippen LogP contribution >= 0.6 is 138 Å². The molecule has 0 amide bonds. The van der Waals surface area contributed by atoms with Crippen LogP contribution in [0.2, 0.25) is 0 Å². The SMILES string of the molecule is S=c1sc2c(s1)SSc1sc(=S)sc1SCc1csc(n1)-c1nc(cs1)CS2. The fraction of sp³-hybridized carbons (Fsp3) is 0.143. The molecule has 0 fully saturated rings. The van der Waals surface area contributed by atoms with Crippen LogP contribution in [-0.4, -0.2) is 9.97 Å². The van der Waals surface area contributed by atoms with E-state index in [0.29, 0.717) is 0 Å². The van der Waals surface area contributed by atoms with Crippen molar-refractivity contribution in [1.82, 2.24) is 9.97 Å². The monoisotopic (exact) mass is 586 g/mol. The predicted molar refractivity (Wildman–Crippen MR) is 140 cm³/mol. The predicted octanol–water partition coefficient (Wildman–Crippen LogP) is 9.67. The molecule has 0 N–H and O–H groups in total. The molecule has 1 aliphatic rings. The smallest absolute Gasteiger partial charge is 0.152 e. The van der Waals surface area contributed by atoms with Crippen molar-refractivity contribution in [2.75, 3.05) is 0 Å². The van der Waals surface area contributed by atoms with Crippen molar-refractivity contribution >= 4 is 138 Å². The summed E-state index contributed by atoms with van der Waals surface area (Å²) in [5, 5.41) is 6.32. The van der Waals surface area contributed by atoms with E-state index >= 15 is 0 Å². The van der Waals surface area contributed by atoms with Gasteiger partial charge in [-0.3, -0.25) is 0 Å². The third kappa shape index (κ3) is 4.83. The second-order valence-corrected chi connectivity index (χ2v) is 18.4. The van der Waals surface area contributed by atoms with Crippen molar-refractivity contribution < 1.29 is 0 Å². The van der Waals surface area contributed by atoms with Crippen molar-refractivity contribution in [1.29, 1.82) is 0 Å². The van der Waals surface area contributed by atoms with E-state index in [4.69, 9.17) is 34.4 Å². The van der Waals surface area contributed by atoms with Crippen LogP contribution in [0.1, 0.15) is 11.4 Å². The molecule has 0 aromatic carbocycles. The Kier molecular flexibility index (Phi) is 7.05. The zero-order chi connectivity index (χ0) is 19.1. The molecule has 0 spiro atoms. The molecule has 28 heavy (non-hydrogen) atoms. The van der Waals surface area contributed by atoms with Crippen LogP contribution in [0.25, 0.3) is 10.0 Å². The summed E-state index contributed by atoms with van der Waals surface area (Å²) in [7, 11) is 3.61. The summed E-state index contributed by atoms with van der Waals surface area (Å²) in [6.07, 6.45) is 0. The third-order valence-electron chi connectivity index (χ3n) is 3.22. The molecule has 0 unspecified atom stereocenters. The Bertz CT molecular complexity index is 1140. The number of nitrogens with zero attached hydrogens (tertiary/aromatic N) is 2. The van der Waals surface area contributed by atoms with E-state index in [-0.39, 0.29) is 0 Å². The Labute approximate surface area is 211 Å². The Morgan fingerprint density at radius 2 is 1.07 bits per heavy atom. The van der Waals surface area contributed by atoms with Gasteiger partial charge >= 0.3 is 0 Å². The molecule has 5 heterocycles. The lowest BCUT2D eigenvalue weighted by Crippen LogP contribution is -1.83. The molecule has 2 nitrogen and oxygen atoms in total. The Morgan fingerprint density at radius 1 is 0.643 bits per heavy atom. The number of hydrogen-bond acceptors (Lipinski definition) is 14. The summed E-state index contributed by atoms with van der Waals surface area (Å²) in [6.45, 7) is 0. The minimum absolute atomic E-state index is 0.855. The quantitative estimate of drug-likeness (QED) is 0.148. The zero-order valence-corrected chi connectivity index (χ0v) is 23.2. The van der Waals surface area contributed by atoms with Gasteiger partial charge in [-0.2, -0.15) is 0 Å². The minimum Gasteiger partial charge on any atom is -0.238 e. The molecule has 0 atom stereocenters. The van der Waals surface area contributed by atoms with Crippen molar-refractivity contribution in [2.45, 2.75) is 28.3 Å². The van der Waals surface area contributed by atoms with Gasteiger partial charge < -0.3 is 0 Å². The molecule has 0 saturated carbocycles. The van der Waals surface area contributed by atoms with Gasteiger partial charge in [0.1, 0.15) is 6.28 Å². The van der Waals surface area contributed by atoms with Gasteiger partial charge in [0.05, 0.1) is 28.2 Å². The van der Waals surface area contributed by atoms with Crippen molar-refractivity contribution in [3.8, 4) is 10.0 Å². The number of thioether (sulfide) groups is 2. The maximum Gasteiger partial charge on any atom is 0.152 e. The normalized spacial score (nSPS) is 14.6. The summed E-state index contributed by atoms with van der Waals surface area (Å²) in [4.78, 5) is 9.61. The second kappa shape index (κ2) is 9.36. The highest BCUT2D eigenvalue weighted by molar-refractivity contribution is 8.77. The van der Waals surface area contributed by atoms with Gasteiger partial charge in [0, 0.05) is 22.3 Å². The van der Waals surface area contributed by atoms with Crippen LogP contribution in [0, 0.1) is 6.28 Å². The number of hydrogen-bond donors (Lipinski definition) is 0. The summed E-state index contributed by atoms with van der Waals surface area (Å²) in [5.41, 5.74) is 2.21. The lowest BCUT2D eigenvalue weighted by atomic mass is 10.5. The first-order valence-corrected chi connectivity index (χ1v) is 17.4. The van der Waals surface area contributed by atoms with E-state index < -0.39 is 0 Å². The first-order valence-electron chi connectivity index (χ1n) is 7.41. The average molecular weight is 587 g/mol. The van der Waals surface area contributed by atoms with E-state index in [1.54, 1.807) is 89.6 Å². The fourth-order valence-electron chi connectivity index (χ4n) is 2.09. The molecule has 4 bridgehead atoms. The van der Waals surface area contributed by atoms with Gasteiger partial charge in [0.2, 0.25) is 0 Å². The van der Waals surface area contributed by atoms with Gasteiger partial charge in [0.15, 0.2) is 10.0 Å². The maximum atomic E-state index is 5.47. The molecule has 0 radical (unpaired) electrons. The topological polar surface area (TPSA) is 25.8 Å². The minimum atomic E-state index is 0.855. The molecule has 0 aliphatic carbocycles. The van der Waals surface area contributed by atoms with E-state index in [9.17, 15) is 0 Å². The van der Waals surface area contributed by atoms with Gasteiger partial charge in [-0.25, -0.2) is 9.97 Å². The largest absolute Gasteiger partial charge is 0.238 e. The van der Waals surface area contributed by atoms with Gasteiger partial charge in [-0.1, -0.05) is 24.4 Å². The molecule has 5 rings (SSSR count). The first-order chi connectivity index (χ1) is 13.6. The lowest BCUT2D eigenvalue weighted by Gasteiger charge is -2.03. The summed E-state index contributed by atoms with van der Waals surface area (Å²) >= 11 is 24.8. The highest BCUT2D eigenvalue weighted by Crippen LogP contribution is 2.52. The summed E-state index contributed by atoms with van der Waals surface area (Å²) < 4.78 is 7.11. The standard InChI is InChI=1S/C14H6N2S12/c17-13-23-9-11(25-13)27-28-12-10(24-14(18)26-12)22-4-6-2-20-8(16-6)7-15-5(1-19-7)3-21-9/h1-2H,3-4H2. The van der Waals surface area contributed by atoms with Crippen LogP contribution in [-0.2, 0) is 11.5 Å². The van der Waals surface area contributed by atoms with Crippen LogP contribution in [0.5, 0.6) is 0 Å². The molecule has 144 valence electrons. The van der Waals surface area contributed by atoms with Crippen LogP contribution in [0.15, 0.2) is 27.6 Å². The first kappa shape index (κ1) is 21.1. The average Bonchev–Trinajstić information content (AvgIpc) is 3.43. The third-order valence-corrected chi connectivity index (χ3v) is 17.1. The zero-order valence-electron chi connectivity index (χ0n) is 13.4. The molecule has 4 aromatic rings. The van der Waals surface area contributed by atoms with Crippen molar-refractivity contribution in [2.24, 2.45) is 0 Å². The number of fused-ring (bicyclic) bond motifs is 7. The van der Waals surface area contributed by atoms with Crippen LogP contribution in [0.4, 0.5) is 0 Å². The molecule has 1 aliphatic heterocycles. The lowest BCUT2D eigenvalue weighted by molar-refractivity contribution is 1.20. The molecule has 14 heteroatoms. The molecular formula is C14H6N2S12. The van der Waals surface area contributed by atoms with Gasteiger partial charge in [-0.05, 0) is 21.6 Å². The van der Waals surface area contributed by atoms with E-state index in [0.717, 1.165) is 39.2 Å². The van der Waals surface area contributed by atoms with Crippen LogP contribution in [0.3, 0.4) is 0 Å². The summed E-state index contributed by atoms with van der Waals surface area (Å²) in [5.74, 6) is 1.71. The Morgan fingerprint density at radius 3 is 1.54 bits per heavy atom. The van der Waals surface area contributed by atoms with E-state index in [2.05, 4.69) is 10.8 Å². The van der Waals surface area contributed by atoms with Crippen LogP contribution < -0.4 is 0 Å². The number of thiazole rings is 2. The second-order valence-electron chi connectivity index (χ2n) is 5.09. The maximum absolute atomic E-state index is 5.47. The fourth-order valence-corrected chi connectivity index (χ4v) is 17.0. The van der Waals surface area contributed by atoms with Crippen molar-refractivity contribution in [3.05, 3.63) is 28.4 Å². The molecular weight excluding hydrogens is 581 g/mol. The van der Waals surface area contributed by atoms with Gasteiger partial charge in [-0.15, -0.1) is 91.5 Å². The number of aromatic nitrogens is 2. The number of rotatable bonds is 0. The Hall–Kier alpha value is 1.20. The highest BCUT2D eigenvalue weighted by Gasteiger charge is 2.17. The Balaban J connectivity index is 1.53. The molecule has 0 saturated heterocycles. The van der Waals surface area contributed by atoms with E-state index in [1.807, 2.05) is 23.5 Å². The highest BCUT2D eigenvalue weighted by atomic mass is 33.1. The van der Waals surface area contributed by atoms with Crippen molar-refractivity contribution in [3.63, 3.8) is 0 Å². The van der Waals surface area contributed by atoms with Gasteiger partial charge in [0.25, 0.3) is 0 Å².